The molecule has 0 radical (unpaired) electrons. The molecule has 2 rings (SSSR count). The van der Waals surface area contributed by atoms with Crippen LogP contribution in [0.15, 0.2) is 18.2 Å². The molecule has 0 fully saturated rings. The van der Waals surface area contributed by atoms with Crippen LogP contribution in [-0.2, 0) is 4.79 Å². The van der Waals surface area contributed by atoms with Crippen molar-refractivity contribution in [1.29, 1.82) is 0 Å². The number of amides is 1. The van der Waals surface area contributed by atoms with Crippen molar-refractivity contribution in [2.24, 2.45) is 0 Å². The van der Waals surface area contributed by atoms with Crippen LogP contribution in [0.3, 0.4) is 0 Å². The van der Waals surface area contributed by atoms with Crippen LogP contribution in [0, 0.1) is 0 Å². The minimum absolute atomic E-state index is 0.00775. The zero-order valence-electron chi connectivity index (χ0n) is 9.22. The number of carbonyl (C=O) groups is 1. The standard InChI is InChI=1S/C12H15ClN2O/c1-2-3-6-14-11-9-5-4-8(13)7-10(9)15-12(11)16/h4-5,7,11,14H,2-3,6H2,1H3,(H,15,16). The molecule has 4 heteroatoms. The first kappa shape index (κ1) is 11.4. The van der Waals surface area contributed by atoms with Gasteiger partial charge in [-0.2, -0.15) is 0 Å². The number of nitrogens with one attached hydrogen (secondary N) is 2. The molecule has 86 valence electrons. The number of fused-ring (bicyclic) bond motifs is 1. The molecule has 1 amide bonds. The minimum atomic E-state index is -0.223. The fraction of sp³-hybridized carbons (Fsp3) is 0.417. The van der Waals surface area contributed by atoms with E-state index in [1.807, 2.05) is 12.1 Å². The second-order valence-electron chi connectivity index (χ2n) is 3.96. The molecule has 1 heterocycles. The average Bonchev–Trinajstić information content (AvgIpc) is 2.55. The first-order valence-corrected chi connectivity index (χ1v) is 5.94. The molecule has 0 saturated carbocycles. The molecule has 1 aliphatic rings. The van der Waals surface area contributed by atoms with Crippen molar-refractivity contribution in [1.82, 2.24) is 5.32 Å². The molecule has 1 aromatic rings. The summed E-state index contributed by atoms with van der Waals surface area (Å²) in [5.74, 6) is 0.00775. The van der Waals surface area contributed by atoms with E-state index in [1.54, 1.807) is 6.07 Å². The Balaban J connectivity index is 2.13. The lowest BCUT2D eigenvalue weighted by atomic mass is 10.1. The molecule has 0 bridgehead atoms. The van der Waals surface area contributed by atoms with Crippen LogP contribution in [0.1, 0.15) is 31.4 Å². The highest BCUT2D eigenvalue weighted by Gasteiger charge is 2.29. The predicted octanol–water partition coefficient (Wildman–Crippen LogP) is 2.72. The van der Waals surface area contributed by atoms with Crippen molar-refractivity contribution in [3.8, 4) is 0 Å². The van der Waals surface area contributed by atoms with Crippen LogP contribution in [0.4, 0.5) is 5.69 Å². The molecular weight excluding hydrogens is 224 g/mol. The van der Waals surface area contributed by atoms with Crippen molar-refractivity contribution >= 4 is 23.2 Å². The number of rotatable bonds is 4. The Bertz CT molecular complexity index is 406. The fourth-order valence-electron chi connectivity index (χ4n) is 1.86. The van der Waals surface area contributed by atoms with E-state index < -0.39 is 0 Å². The number of hydrogen-bond donors (Lipinski definition) is 2. The third-order valence-corrected chi connectivity index (χ3v) is 2.96. The number of anilines is 1. The highest BCUT2D eigenvalue weighted by molar-refractivity contribution is 6.31. The van der Waals surface area contributed by atoms with Crippen molar-refractivity contribution in [3.05, 3.63) is 28.8 Å². The second kappa shape index (κ2) is 4.85. The molecule has 1 atom stereocenters. The monoisotopic (exact) mass is 238 g/mol. The third-order valence-electron chi connectivity index (χ3n) is 2.73. The molecule has 0 saturated heterocycles. The van der Waals surface area contributed by atoms with Crippen molar-refractivity contribution < 1.29 is 4.79 Å². The van der Waals surface area contributed by atoms with E-state index >= 15 is 0 Å². The number of unbranched alkanes of at least 4 members (excludes halogenated alkanes) is 1. The molecule has 16 heavy (non-hydrogen) atoms. The van der Waals surface area contributed by atoms with E-state index in [0.29, 0.717) is 5.02 Å². The molecular formula is C12H15ClN2O. The molecule has 0 aromatic heterocycles. The maximum Gasteiger partial charge on any atom is 0.246 e. The lowest BCUT2D eigenvalue weighted by molar-refractivity contribution is -0.117. The summed E-state index contributed by atoms with van der Waals surface area (Å²) >= 11 is 5.87. The number of carbonyl (C=O) groups excluding carboxylic acids is 1. The predicted molar refractivity (Wildman–Crippen MR) is 65.7 cm³/mol. The fourth-order valence-corrected chi connectivity index (χ4v) is 2.03. The molecule has 3 nitrogen and oxygen atoms in total. The lowest BCUT2D eigenvalue weighted by Crippen LogP contribution is -2.28. The van der Waals surface area contributed by atoms with E-state index in [2.05, 4.69) is 17.6 Å². The van der Waals surface area contributed by atoms with E-state index in [-0.39, 0.29) is 11.9 Å². The van der Waals surface area contributed by atoms with E-state index in [4.69, 9.17) is 11.6 Å². The first-order valence-electron chi connectivity index (χ1n) is 5.56. The van der Waals surface area contributed by atoms with Gasteiger partial charge in [-0.25, -0.2) is 0 Å². The van der Waals surface area contributed by atoms with Crippen LogP contribution >= 0.6 is 11.6 Å². The maximum absolute atomic E-state index is 11.7. The van der Waals surface area contributed by atoms with Crippen LogP contribution in [-0.4, -0.2) is 12.5 Å². The zero-order valence-corrected chi connectivity index (χ0v) is 9.97. The van der Waals surface area contributed by atoms with Crippen LogP contribution in [0.2, 0.25) is 5.02 Å². The minimum Gasteiger partial charge on any atom is -0.324 e. The Hall–Kier alpha value is -1.06. The molecule has 0 spiro atoms. The molecule has 1 aliphatic heterocycles. The normalized spacial score (nSPS) is 18.4. The van der Waals surface area contributed by atoms with E-state index in [0.717, 1.165) is 30.6 Å². The highest BCUT2D eigenvalue weighted by atomic mass is 35.5. The quantitative estimate of drug-likeness (QED) is 0.792. The SMILES string of the molecule is CCCCNC1C(=O)Nc2cc(Cl)ccc21. The van der Waals surface area contributed by atoms with Gasteiger partial charge in [-0.15, -0.1) is 0 Å². The summed E-state index contributed by atoms with van der Waals surface area (Å²) in [6, 6.07) is 5.28. The van der Waals surface area contributed by atoms with Gasteiger partial charge in [-0.1, -0.05) is 31.0 Å². The van der Waals surface area contributed by atoms with Crippen molar-refractivity contribution in [2.45, 2.75) is 25.8 Å². The first-order chi connectivity index (χ1) is 7.72. The van der Waals surface area contributed by atoms with Gasteiger partial charge in [0.25, 0.3) is 0 Å². The van der Waals surface area contributed by atoms with E-state index in [1.165, 1.54) is 0 Å². The Morgan fingerprint density at radius 2 is 2.31 bits per heavy atom. The van der Waals surface area contributed by atoms with Crippen molar-refractivity contribution in [3.63, 3.8) is 0 Å². The molecule has 0 aliphatic carbocycles. The number of benzene rings is 1. The smallest absolute Gasteiger partial charge is 0.246 e. The van der Waals surface area contributed by atoms with Crippen LogP contribution in [0.5, 0.6) is 0 Å². The Morgan fingerprint density at radius 3 is 3.06 bits per heavy atom. The van der Waals surface area contributed by atoms with Gasteiger partial charge in [0.1, 0.15) is 6.04 Å². The molecule has 1 unspecified atom stereocenters. The summed E-state index contributed by atoms with van der Waals surface area (Å²) in [7, 11) is 0. The summed E-state index contributed by atoms with van der Waals surface area (Å²) in [4.78, 5) is 11.7. The third kappa shape index (κ3) is 2.20. The highest BCUT2D eigenvalue weighted by Crippen LogP contribution is 2.32. The topological polar surface area (TPSA) is 41.1 Å². The molecule has 1 aromatic carbocycles. The van der Waals surface area contributed by atoms with Crippen molar-refractivity contribution in [2.75, 3.05) is 11.9 Å². The second-order valence-corrected chi connectivity index (χ2v) is 4.40. The van der Waals surface area contributed by atoms with Gasteiger partial charge in [0, 0.05) is 16.3 Å². The van der Waals surface area contributed by atoms with Crippen LogP contribution < -0.4 is 10.6 Å². The zero-order chi connectivity index (χ0) is 11.5. The number of hydrogen-bond acceptors (Lipinski definition) is 2. The summed E-state index contributed by atoms with van der Waals surface area (Å²) in [6.07, 6.45) is 2.20. The summed E-state index contributed by atoms with van der Waals surface area (Å²) in [5, 5.41) is 6.73. The molecule has 2 N–H and O–H groups in total. The van der Waals surface area contributed by atoms with Gasteiger partial charge in [0.05, 0.1) is 0 Å². The van der Waals surface area contributed by atoms with Gasteiger partial charge in [0.15, 0.2) is 0 Å². The summed E-state index contributed by atoms with van der Waals surface area (Å²) < 4.78 is 0. The largest absolute Gasteiger partial charge is 0.324 e. The number of halogens is 1. The van der Waals surface area contributed by atoms with Gasteiger partial charge in [-0.3, -0.25) is 4.79 Å². The summed E-state index contributed by atoms with van der Waals surface area (Å²) in [5.41, 5.74) is 1.82. The van der Waals surface area contributed by atoms with Crippen LogP contribution in [0.25, 0.3) is 0 Å². The van der Waals surface area contributed by atoms with Gasteiger partial charge in [-0.05, 0) is 25.1 Å². The van der Waals surface area contributed by atoms with E-state index in [9.17, 15) is 4.79 Å². The lowest BCUT2D eigenvalue weighted by Gasteiger charge is -2.10. The maximum atomic E-state index is 11.7. The van der Waals surface area contributed by atoms with Gasteiger partial charge < -0.3 is 10.6 Å². The van der Waals surface area contributed by atoms with Gasteiger partial charge >= 0.3 is 0 Å². The Labute approximate surface area is 100 Å². The summed E-state index contributed by atoms with van der Waals surface area (Å²) in [6.45, 7) is 2.99. The average molecular weight is 239 g/mol. The van der Waals surface area contributed by atoms with Gasteiger partial charge in [0.2, 0.25) is 5.91 Å². The Kier molecular flexibility index (Phi) is 3.46. The Morgan fingerprint density at radius 1 is 1.50 bits per heavy atom.